The average Bonchev–Trinajstić information content (AvgIpc) is 2.98. The molecule has 10 heteroatoms. The van der Waals surface area contributed by atoms with Gasteiger partial charge < -0.3 is 4.90 Å². The van der Waals surface area contributed by atoms with Crippen molar-refractivity contribution in [1.29, 1.82) is 0 Å². The first kappa shape index (κ1) is 20.2. The molecule has 0 N–H and O–H groups in total. The van der Waals surface area contributed by atoms with Crippen molar-refractivity contribution in [2.45, 2.75) is 40.4 Å². The fraction of sp³-hybridized carbons (Fsp3) is 0.444. The van der Waals surface area contributed by atoms with Crippen molar-refractivity contribution >= 4 is 37.7 Å². The maximum atomic E-state index is 13.1. The molecule has 0 atom stereocenters. The van der Waals surface area contributed by atoms with E-state index in [9.17, 15) is 22.8 Å². The molecule has 6 nitrogen and oxygen atoms in total. The molecule has 0 aliphatic heterocycles. The summed E-state index contributed by atoms with van der Waals surface area (Å²) < 4.78 is 40.7. The highest BCUT2D eigenvalue weighted by Crippen LogP contribution is 2.36. The van der Waals surface area contributed by atoms with Gasteiger partial charge in [0.15, 0.2) is 0 Å². The number of hydrogen-bond acceptors (Lipinski definition) is 5. The predicted octanol–water partition coefficient (Wildman–Crippen LogP) is 3.51. The van der Waals surface area contributed by atoms with Crippen molar-refractivity contribution in [2.24, 2.45) is 0 Å². The highest BCUT2D eigenvalue weighted by molar-refractivity contribution is 7.25. The number of fused-ring (bicyclic) bond motifs is 3. The number of nitrogens with zero attached hydrogens (tertiary/aromatic N) is 4. The molecule has 0 saturated heterocycles. The molecule has 150 valence electrons. The minimum absolute atomic E-state index is 0.110. The molecule has 3 heterocycles. The Kier molecular flexibility index (Phi) is 5.18. The largest absolute Gasteiger partial charge is 0.433 e. The van der Waals surface area contributed by atoms with Gasteiger partial charge in [-0.3, -0.25) is 14.2 Å². The van der Waals surface area contributed by atoms with Gasteiger partial charge in [-0.2, -0.15) is 13.2 Å². The van der Waals surface area contributed by atoms with Crippen LogP contribution in [0.2, 0.25) is 0 Å². The van der Waals surface area contributed by atoms with Gasteiger partial charge in [0, 0.05) is 18.5 Å². The van der Waals surface area contributed by atoms with E-state index in [4.69, 9.17) is 0 Å². The SMILES string of the molecule is CCN(CC)C(=O)Cn1c(C)nc2c(sc3nc(C(F)(F)F)cc(C)c32)c1=O. The molecule has 0 radical (unpaired) electrons. The van der Waals surface area contributed by atoms with Crippen LogP contribution in [-0.4, -0.2) is 38.4 Å². The zero-order valence-electron chi connectivity index (χ0n) is 15.8. The summed E-state index contributed by atoms with van der Waals surface area (Å²) in [4.78, 5) is 35.2. The van der Waals surface area contributed by atoms with Crippen LogP contribution in [0, 0.1) is 13.8 Å². The summed E-state index contributed by atoms with van der Waals surface area (Å²) in [6.07, 6.45) is -4.57. The number of thiophene rings is 1. The molecule has 0 unspecified atom stereocenters. The van der Waals surface area contributed by atoms with Gasteiger partial charge in [-0.15, -0.1) is 11.3 Å². The monoisotopic (exact) mass is 412 g/mol. The molecule has 0 fully saturated rings. The number of carbonyl (C=O) groups excluding carboxylic acids is 1. The minimum atomic E-state index is -4.57. The van der Waals surface area contributed by atoms with Gasteiger partial charge >= 0.3 is 6.18 Å². The van der Waals surface area contributed by atoms with Crippen LogP contribution in [0.5, 0.6) is 0 Å². The zero-order valence-corrected chi connectivity index (χ0v) is 16.7. The van der Waals surface area contributed by atoms with Gasteiger partial charge in [-0.05, 0) is 39.3 Å². The molecule has 1 amide bonds. The van der Waals surface area contributed by atoms with Crippen LogP contribution in [0.25, 0.3) is 20.4 Å². The van der Waals surface area contributed by atoms with Gasteiger partial charge in [0.05, 0.1) is 5.52 Å². The Labute approximate surface area is 162 Å². The van der Waals surface area contributed by atoms with E-state index in [0.29, 0.717) is 35.4 Å². The fourth-order valence-corrected chi connectivity index (χ4v) is 4.29. The van der Waals surface area contributed by atoms with Crippen LogP contribution >= 0.6 is 11.3 Å². The lowest BCUT2D eigenvalue weighted by molar-refractivity contribution is -0.141. The molecular formula is C18H19F3N4O2S. The Hall–Kier alpha value is -2.49. The maximum absolute atomic E-state index is 13.1. The molecule has 0 saturated carbocycles. The second kappa shape index (κ2) is 7.16. The Morgan fingerprint density at radius 2 is 1.86 bits per heavy atom. The van der Waals surface area contributed by atoms with E-state index in [0.717, 1.165) is 17.4 Å². The topological polar surface area (TPSA) is 68.1 Å². The van der Waals surface area contributed by atoms with Crippen molar-refractivity contribution in [1.82, 2.24) is 19.4 Å². The lowest BCUT2D eigenvalue weighted by Gasteiger charge is -2.19. The molecule has 0 aromatic carbocycles. The zero-order chi connectivity index (χ0) is 20.8. The summed E-state index contributed by atoms with van der Waals surface area (Å²) >= 11 is 0.871. The number of halogens is 3. The van der Waals surface area contributed by atoms with Crippen molar-refractivity contribution in [3.63, 3.8) is 0 Å². The molecule has 3 aromatic rings. The maximum Gasteiger partial charge on any atom is 0.433 e. The summed E-state index contributed by atoms with van der Waals surface area (Å²) in [5, 5.41) is 0.440. The fourth-order valence-electron chi connectivity index (χ4n) is 3.15. The smallest absolute Gasteiger partial charge is 0.342 e. The van der Waals surface area contributed by atoms with E-state index in [-0.39, 0.29) is 22.0 Å². The summed E-state index contributed by atoms with van der Waals surface area (Å²) in [5.41, 5.74) is -0.767. The van der Waals surface area contributed by atoms with Gasteiger partial charge in [-0.25, -0.2) is 9.97 Å². The van der Waals surface area contributed by atoms with Gasteiger partial charge in [0.25, 0.3) is 5.56 Å². The molecule has 0 aliphatic rings. The lowest BCUT2D eigenvalue weighted by atomic mass is 10.1. The third kappa shape index (κ3) is 3.36. The summed E-state index contributed by atoms with van der Waals surface area (Å²) in [6.45, 7) is 7.71. The highest BCUT2D eigenvalue weighted by Gasteiger charge is 2.34. The van der Waals surface area contributed by atoms with E-state index >= 15 is 0 Å². The van der Waals surface area contributed by atoms with Crippen LogP contribution in [0.3, 0.4) is 0 Å². The average molecular weight is 412 g/mol. The van der Waals surface area contributed by atoms with Gasteiger partial charge in [0.1, 0.15) is 27.6 Å². The van der Waals surface area contributed by atoms with E-state index in [2.05, 4.69) is 9.97 Å². The first-order valence-electron chi connectivity index (χ1n) is 8.74. The molecule has 0 aliphatic carbocycles. The molecule has 0 bridgehead atoms. The summed E-state index contributed by atoms with van der Waals surface area (Å²) in [5.74, 6) is 0.114. The standard InChI is InChI=1S/C18H19F3N4O2S/c1-5-24(6-2)12(26)8-25-10(4)22-14-13-9(3)7-11(18(19,20)21)23-16(13)28-15(14)17(25)27/h7H,5-6,8H2,1-4H3. The molecule has 0 spiro atoms. The number of likely N-dealkylation sites (N-methyl/N-ethyl adjacent to an activating group) is 1. The highest BCUT2D eigenvalue weighted by atomic mass is 32.1. The van der Waals surface area contributed by atoms with Crippen LogP contribution in [-0.2, 0) is 17.5 Å². The Bertz CT molecular complexity index is 1130. The molecular weight excluding hydrogens is 393 g/mol. The third-order valence-corrected chi connectivity index (χ3v) is 5.70. The van der Waals surface area contributed by atoms with Crippen LogP contribution in [0.1, 0.15) is 30.9 Å². The first-order chi connectivity index (χ1) is 13.1. The number of pyridine rings is 1. The Balaban J connectivity index is 2.21. The summed E-state index contributed by atoms with van der Waals surface area (Å²) in [6, 6.07) is 0.959. The van der Waals surface area contributed by atoms with Crippen molar-refractivity contribution in [2.75, 3.05) is 13.1 Å². The Morgan fingerprint density at radius 3 is 2.43 bits per heavy atom. The Morgan fingerprint density at radius 1 is 1.21 bits per heavy atom. The van der Waals surface area contributed by atoms with Gasteiger partial charge in [0.2, 0.25) is 5.91 Å². The van der Waals surface area contributed by atoms with Crippen molar-refractivity contribution < 1.29 is 18.0 Å². The second-order valence-corrected chi connectivity index (χ2v) is 7.40. The molecule has 3 rings (SSSR count). The number of rotatable bonds is 4. The quantitative estimate of drug-likeness (QED) is 0.658. The van der Waals surface area contributed by atoms with Crippen LogP contribution < -0.4 is 5.56 Å². The van der Waals surface area contributed by atoms with Crippen LogP contribution in [0.15, 0.2) is 10.9 Å². The van der Waals surface area contributed by atoms with Gasteiger partial charge in [-0.1, -0.05) is 0 Å². The predicted molar refractivity (Wildman–Crippen MR) is 102 cm³/mol. The number of carbonyl (C=O) groups is 1. The number of aryl methyl sites for hydroxylation is 2. The third-order valence-electron chi connectivity index (χ3n) is 4.64. The minimum Gasteiger partial charge on any atom is -0.342 e. The van der Waals surface area contributed by atoms with E-state index in [1.165, 1.54) is 11.5 Å². The first-order valence-corrected chi connectivity index (χ1v) is 9.56. The van der Waals surface area contributed by atoms with Crippen molar-refractivity contribution in [3.8, 4) is 0 Å². The normalized spacial score (nSPS) is 12.1. The number of hydrogen-bond donors (Lipinski definition) is 0. The number of amides is 1. The molecule has 3 aromatic heterocycles. The number of alkyl halides is 3. The number of aromatic nitrogens is 3. The van der Waals surface area contributed by atoms with Crippen molar-refractivity contribution in [3.05, 3.63) is 33.5 Å². The summed E-state index contributed by atoms with van der Waals surface area (Å²) in [7, 11) is 0. The molecule has 28 heavy (non-hydrogen) atoms. The van der Waals surface area contributed by atoms with Crippen LogP contribution in [0.4, 0.5) is 13.2 Å². The van der Waals surface area contributed by atoms with E-state index in [1.807, 2.05) is 13.8 Å². The van der Waals surface area contributed by atoms with E-state index < -0.39 is 17.4 Å². The lowest BCUT2D eigenvalue weighted by Crippen LogP contribution is -2.37. The second-order valence-electron chi connectivity index (χ2n) is 6.40. The van der Waals surface area contributed by atoms with E-state index in [1.54, 1.807) is 11.8 Å².